The molecule has 0 saturated heterocycles. The Morgan fingerprint density at radius 3 is 2.47 bits per heavy atom. The molecule has 0 aromatic heterocycles. The maximum Gasteiger partial charge on any atom is 0.142 e. The summed E-state index contributed by atoms with van der Waals surface area (Å²) < 4.78 is 5.41. The Kier molecular flexibility index (Phi) is 4.45. The van der Waals surface area contributed by atoms with E-state index in [0.717, 1.165) is 24.4 Å². The number of anilines is 1. The average molecular weight is 255 g/mol. The summed E-state index contributed by atoms with van der Waals surface area (Å²) in [6.45, 7) is 5.08. The highest BCUT2D eigenvalue weighted by Crippen LogP contribution is 2.26. The molecular formula is C17H21NO. The molecule has 0 spiro atoms. The van der Waals surface area contributed by atoms with Gasteiger partial charge in [-0.3, -0.25) is 0 Å². The molecule has 0 aliphatic carbocycles. The van der Waals surface area contributed by atoms with Crippen LogP contribution in [0, 0.1) is 6.92 Å². The Balaban J connectivity index is 2.14. The van der Waals surface area contributed by atoms with Gasteiger partial charge in [0.2, 0.25) is 0 Å². The van der Waals surface area contributed by atoms with Gasteiger partial charge in [0.1, 0.15) is 5.75 Å². The van der Waals surface area contributed by atoms with Crippen molar-refractivity contribution in [2.45, 2.75) is 26.8 Å². The lowest BCUT2D eigenvalue weighted by Crippen LogP contribution is -2.04. The van der Waals surface area contributed by atoms with Crippen LogP contribution in [0.4, 0.5) is 5.69 Å². The van der Waals surface area contributed by atoms with E-state index in [4.69, 9.17) is 4.74 Å². The lowest BCUT2D eigenvalue weighted by molar-refractivity contribution is 0.416. The van der Waals surface area contributed by atoms with E-state index in [1.165, 1.54) is 16.7 Å². The van der Waals surface area contributed by atoms with Gasteiger partial charge in [-0.05, 0) is 42.2 Å². The first-order valence-corrected chi connectivity index (χ1v) is 6.70. The highest BCUT2D eigenvalue weighted by Gasteiger charge is 2.04. The van der Waals surface area contributed by atoms with Gasteiger partial charge in [-0.15, -0.1) is 0 Å². The molecule has 19 heavy (non-hydrogen) atoms. The molecular weight excluding hydrogens is 234 g/mol. The fourth-order valence-electron chi connectivity index (χ4n) is 2.21. The number of benzene rings is 2. The van der Waals surface area contributed by atoms with E-state index in [9.17, 15) is 0 Å². The van der Waals surface area contributed by atoms with Gasteiger partial charge in [0.25, 0.3) is 0 Å². The Bertz CT molecular complexity index is 549. The van der Waals surface area contributed by atoms with Gasteiger partial charge in [0.15, 0.2) is 0 Å². The second kappa shape index (κ2) is 6.28. The van der Waals surface area contributed by atoms with Crippen molar-refractivity contribution in [3.05, 3.63) is 59.2 Å². The van der Waals surface area contributed by atoms with Gasteiger partial charge in [0.05, 0.1) is 12.8 Å². The van der Waals surface area contributed by atoms with Gasteiger partial charge in [-0.2, -0.15) is 0 Å². The van der Waals surface area contributed by atoms with Crippen LogP contribution >= 0.6 is 0 Å². The summed E-state index contributed by atoms with van der Waals surface area (Å²) in [6.07, 6.45) is 1.06. The van der Waals surface area contributed by atoms with Gasteiger partial charge >= 0.3 is 0 Å². The number of rotatable bonds is 5. The van der Waals surface area contributed by atoms with Crippen LogP contribution in [0.1, 0.15) is 23.6 Å². The summed E-state index contributed by atoms with van der Waals surface area (Å²) >= 11 is 0. The largest absolute Gasteiger partial charge is 0.495 e. The van der Waals surface area contributed by atoms with Crippen LogP contribution in [0.15, 0.2) is 42.5 Å². The highest BCUT2D eigenvalue weighted by atomic mass is 16.5. The maximum absolute atomic E-state index is 5.41. The molecule has 1 N–H and O–H groups in total. The minimum absolute atomic E-state index is 0.823. The third kappa shape index (κ3) is 3.28. The molecule has 0 radical (unpaired) electrons. The first-order valence-electron chi connectivity index (χ1n) is 6.70. The van der Waals surface area contributed by atoms with E-state index in [1.807, 2.05) is 6.07 Å². The highest BCUT2D eigenvalue weighted by molar-refractivity contribution is 5.58. The predicted octanol–water partition coefficient (Wildman–Crippen LogP) is 4.18. The quantitative estimate of drug-likeness (QED) is 0.865. The van der Waals surface area contributed by atoms with E-state index in [0.29, 0.717) is 0 Å². The van der Waals surface area contributed by atoms with E-state index in [-0.39, 0.29) is 0 Å². The zero-order valence-electron chi connectivity index (χ0n) is 11.9. The first kappa shape index (κ1) is 13.5. The number of hydrogen-bond donors (Lipinski definition) is 1. The fourth-order valence-corrected chi connectivity index (χ4v) is 2.21. The Labute approximate surface area is 115 Å². The molecule has 2 aromatic rings. The molecule has 0 fully saturated rings. The minimum Gasteiger partial charge on any atom is -0.495 e. The second-order valence-electron chi connectivity index (χ2n) is 4.68. The van der Waals surface area contributed by atoms with E-state index in [2.05, 4.69) is 55.6 Å². The summed E-state index contributed by atoms with van der Waals surface area (Å²) in [4.78, 5) is 0. The van der Waals surface area contributed by atoms with Crippen molar-refractivity contribution in [2.24, 2.45) is 0 Å². The van der Waals surface area contributed by atoms with Gasteiger partial charge in [0, 0.05) is 6.54 Å². The van der Waals surface area contributed by atoms with Crippen LogP contribution < -0.4 is 10.1 Å². The molecule has 0 aliphatic rings. The molecule has 0 unspecified atom stereocenters. The monoisotopic (exact) mass is 255 g/mol. The topological polar surface area (TPSA) is 21.3 Å². The molecule has 2 nitrogen and oxygen atoms in total. The number of aryl methyl sites for hydroxylation is 2. The second-order valence-corrected chi connectivity index (χ2v) is 4.68. The van der Waals surface area contributed by atoms with Crippen molar-refractivity contribution in [1.29, 1.82) is 0 Å². The van der Waals surface area contributed by atoms with Crippen LogP contribution in [0.25, 0.3) is 0 Å². The Morgan fingerprint density at radius 2 is 1.79 bits per heavy atom. The SMILES string of the molecule is CCc1ccccc1CNc1ccc(C)cc1OC. The predicted molar refractivity (Wildman–Crippen MR) is 80.9 cm³/mol. The summed E-state index contributed by atoms with van der Waals surface area (Å²) in [6, 6.07) is 14.8. The number of hydrogen-bond acceptors (Lipinski definition) is 2. The van der Waals surface area contributed by atoms with Gasteiger partial charge in [-0.25, -0.2) is 0 Å². The third-order valence-corrected chi connectivity index (χ3v) is 3.33. The summed E-state index contributed by atoms with van der Waals surface area (Å²) in [5.74, 6) is 0.897. The lowest BCUT2D eigenvalue weighted by Gasteiger charge is -2.13. The third-order valence-electron chi connectivity index (χ3n) is 3.33. The molecule has 100 valence electrons. The van der Waals surface area contributed by atoms with Crippen LogP contribution in [0.5, 0.6) is 5.75 Å². The molecule has 0 aliphatic heterocycles. The van der Waals surface area contributed by atoms with E-state index >= 15 is 0 Å². The van der Waals surface area contributed by atoms with Gasteiger partial charge < -0.3 is 10.1 Å². The average Bonchev–Trinajstić information content (AvgIpc) is 2.46. The van der Waals surface area contributed by atoms with Gasteiger partial charge in [-0.1, -0.05) is 37.3 Å². The summed E-state index contributed by atoms with van der Waals surface area (Å²) in [5, 5.41) is 3.46. The molecule has 0 atom stereocenters. The Morgan fingerprint density at radius 1 is 1.05 bits per heavy atom. The van der Waals surface area contributed by atoms with Crippen LogP contribution in [0.3, 0.4) is 0 Å². The maximum atomic E-state index is 5.41. The molecule has 0 bridgehead atoms. The molecule has 0 heterocycles. The molecule has 2 rings (SSSR count). The van der Waals surface area contributed by atoms with Crippen molar-refractivity contribution < 1.29 is 4.74 Å². The van der Waals surface area contributed by atoms with Crippen molar-refractivity contribution in [3.63, 3.8) is 0 Å². The number of methoxy groups -OCH3 is 1. The molecule has 0 amide bonds. The normalized spacial score (nSPS) is 10.3. The van der Waals surface area contributed by atoms with Crippen LogP contribution in [-0.2, 0) is 13.0 Å². The van der Waals surface area contributed by atoms with Crippen molar-refractivity contribution >= 4 is 5.69 Å². The lowest BCUT2D eigenvalue weighted by atomic mass is 10.1. The number of ether oxygens (including phenoxy) is 1. The zero-order chi connectivity index (χ0) is 13.7. The summed E-state index contributed by atoms with van der Waals surface area (Å²) in [7, 11) is 1.71. The zero-order valence-corrected chi connectivity index (χ0v) is 11.9. The Hall–Kier alpha value is -1.96. The standard InChI is InChI=1S/C17H21NO/c1-4-14-7-5-6-8-15(14)12-18-16-10-9-13(2)11-17(16)19-3/h5-11,18H,4,12H2,1-3H3. The molecule has 0 saturated carbocycles. The molecule has 2 heteroatoms. The van der Waals surface area contributed by atoms with E-state index in [1.54, 1.807) is 7.11 Å². The van der Waals surface area contributed by atoms with Crippen LogP contribution in [0.2, 0.25) is 0 Å². The molecule has 2 aromatic carbocycles. The van der Waals surface area contributed by atoms with Crippen LogP contribution in [-0.4, -0.2) is 7.11 Å². The smallest absolute Gasteiger partial charge is 0.142 e. The minimum atomic E-state index is 0.823. The number of nitrogens with one attached hydrogen (secondary N) is 1. The van der Waals surface area contributed by atoms with E-state index < -0.39 is 0 Å². The first-order chi connectivity index (χ1) is 9.24. The van der Waals surface area contributed by atoms with Crippen molar-refractivity contribution in [2.75, 3.05) is 12.4 Å². The fraction of sp³-hybridized carbons (Fsp3) is 0.294. The summed E-state index contributed by atoms with van der Waals surface area (Å²) in [5.41, 5.74) is 4.98. The van der Waals surface area contributed by atoms with Crippen molar-refractivity contribution in [3.8, 4) is 5.75 Å². The van der Waals surface area contributed by atoms with Crippen molar-refractivity contribution in [1.82, 2.24) is 0 Å².